The van der Waals surface area contributed by atoms with Gasteiger partial charge in [-0.3, -0.25) is 4.90 Å². The summed E-state index contributed by atoms with van der Waals surface area (Å²) in [6, 6.07) is 3.58. The Labute approximate surface area is 132 Å². The summed E-state index contributed by atoms with van der Waals surface area (Å²) >= 11 is 3.12. The average molecular weight is 381 g/mol. The van der Waals surface area contributed by atoms with Crippen LogP contribution in [0.4, 0.5) is 4.39 Å². The first kappa shape index (κ1) is 16.8. The van der Waals surface area contributed by atoms with Crippen LogP contribution in [0.15, 0.2) is 27.6 Å². The number of halogens is 2. The van der Waals surface area contributed by atoms with Gasteiger partial charge in [-0.25, -0.2) is 12.8 Å². The second-order valence-corrected chi connectivity index (χ2v) is 7.66. The Balaban J connectivity index is 2.19. The van der Waals surface area contributed by atoms with E-state index in [0.717, 1.165) is 18.7 Å². The number of benzene rings is 1. The quantitative estimate of drug-likeness (QED) is 0.854. The van der Waals surface area contributed by atoms with Gasteiger partial charge in [0, 0.05) is 30.7 Å². The zero-order chi connectivity index (χ0) is 15.5. The van der Waals surface area contributed by atoms with Crippen LogP contribution < -0.4 is 0 Å². The van der Waals surface area contributed by atoms with Crippen molar-refractivity contribution < 1.29 is 17.9 Å². The lowest BCUT2D eigenvalue weighted by Crippen LogP contribution is -2.36. The molecule has 1 fully saturated rings. The van der Waals surface area contributed by atoms with Crippen molar-refractivity contribution in [2.45, 2.75) is 11.3 Å². The van der Waals surface area contributed by atoms with Crippen LogP contribution >= 0.6 is 15.9 Å². The molecule has 0 aromatic heterocycles. The third-order valence-electron chi connectivity index (χ3n) is 3.48. The first-order valence-corrected chi connectivity index (χ1v) is 8.97. The third-order valence-corrected chi connectivity index (χ3v) is 6.35. The van der Waals surface area contributed by atoms with Crippen LogP contribution in [0.1, 0.15) is 6.42 Å². The highest BCUT2D eigenvalue weighted by molar-refractivity contribution is 9.10. The van der Waals surface area contributed by atoms with Crippen molar-refractivity contribution >= 4 is 26.0 Å². The van der Waals surface area contributed by atoms with Crippen LogP contribution in [-0.4, -0.2) is 62.1 Å². The Morgan fingerprint density at radius 2 is 2.00 bits per heavy atom. The standard InChI is InChI=1S/C13H18BrFN2O3S/c14-12-10-11(15)2-3-13(12)21(19,20)17-5-1-4-16(6-7-17)8-9-18/h2-3,10,18H,1,4-9H2. The molecule has 2 rings (SSSR count). The molecule has 0 atom stereocenters. The molecule has 0 radical (unpaired) electrons. The summed E-state index contributed by atoms with van der Waals surface area (Å²) in [7, 11) is -3.64. The molecule has 1 aliphatic heterocycles. The summed E-state index contributed by atoms with van der Waals surface area (Å²) in [5, 5.41) is 8.96. The number of aliphatic hydroxyl groups excluding tert-OH is 1. The highest BCUT2D eigenvalue weighted by Gasteiger charge is 2.28. The van der Waals surface area contributed by atoms with E-state index >= 15 is 0 Å². The Morgan fingerprint density at radius 1 is 1.24 bits per heavy atom. The lowest BCUT2D eigenvalue weighted by Gasteiger charge is -2.21. The first-order chi connectivity index (χ1) is 9.95. The zero-order valence-electron chi connectivity index (χ0n) is 11.5. The maximum atomic E-state index is 13.1. The predicted octanol–water partition coefficient (Wildman–Crippen LogP) is 1.28. The molecular weight excluding hydrogens is 363 g/mol. The molecular formula is C13H18BrFN2O3S. The zero-order valence-corrected chi connectivity index (χ0v) is 13.9. The fourth-order valence-electron chi connectivity index (χ4n) is 2.38. The van der Waals surface area contributed by atoms with Crippen molar-refractivity contribution in [2.24, 2.45) is 0 Å². The largest absolute Gasteiger partial charge is 0.395 e. The van der Waals surface area contributed by atoms with E-state index in [4.69, 9.17) is 5.11 Å². The van der Waals surface area contributed by atoms with E-state index in [0.29, 0.717) is 32.6 Å². The fraction of sp³-hybridized carbons (Fsp3) is 0.538. The van der Waals surface area contributed by atoms with E-state index in [9.17, 15) is 12.8 Å². The second-order valence-electron chi connectivity index (χ2n) is 4.90. The number of rotatable bonds is 4. The van der Waals surface area contributed by atoms with Gasteiger partial charge in [0.1, 0.15) is 5.82 Å². The lowest BCUT2D eigenvalue weighted by molar-refractivity contribution is 0.202. The summed E-state index contributed by atoms with van der Waals surface area (Å²) in [6.45, 7) is 2.75. The number of sulfonamides is 1. The predicted molar refractivity (Wildman–Crippen MR) is 81.0 cm³/mol. The Kier molecular flexibility index (Phi) is 5.73. The average Bonchev–Trinajstić information content (AvgIpc) is 2.65. The summed E-state index contributed by atoms with van der Waals surface area (Å²) in [4.78, 5) is 2.12. The van der Waals surface area contributed by atoms with Gasteiger partial charge in [-0.2, -0.15) is 4.31 Å². The van der Waals surface area contributed by atoms with Crippen molar-refractivity contribution in [1.82, 2.24) is 9.21 Å². The number of hydrogen-bond donors (Lipinski definition) is 1. The van der Waals surface area contributed by atoms with Gasteiger partial charge in [0.2, 0.25) is 10.0 Å². The van der Waals surface area contributed by atoms with E-state index in [2.05, 4.69) is 15.9 Å². The van der Waals surface area contributed by atoms with Gasteiger partial charge in [0.05, 0.1) is 11.5 Å². The molecule has 118 valence electrons. The Bertz CT molecular complexity index is 597. The van der Waals surface area contributed by atoms with E-state index < -0.39 is 15.8 Å². The molecule has 1 aromatic carbocycles. The number of hydrogen-bond acceptors (Lipinski definition) is 4. The van der Waals surface area contributed by atoms with E-state index in [-0.39, 0.29) is 16.0 Å². The topological polar surface area (TPSA) is 60.9 Å². The van der Waals surface area contributed by atoms with Gasteiger partial charge < -0.3 is 5.11 Å². The van der Waals surface area contributed by atoms with Crippen molar-refractivity contribution in [3.8, 4) is 0 Å². The molecule has 1 heterocycles. The van der Waals surface area contributed by atoms with Crippen molar-refractivity contribution in [2.75, 3.05) is 39.3 Å². The van der Waals surface area contributed by atoms with Crippen LogP contribution in [0.25, 0.3) is 0 Å². The highest BCUT2D eigenvalue weighted by Crippen LogP contribution is 2.26. The van der Waals surface area contributed by atoms with E-state index in [1.54, 1.807) is 0 Å². The Hall–Kier alpha value is -0.540. The van der Waals surface area contributed by atoms with Gasteiger partial charge >= 0.3 is 0 Å². The summed E-state index contributed by atoms with van der Waals surface area (Å²) in [5.41, 5.74) is 0. The number of β-amino-alcohol motifs (C(OH)–C–C–N with tert-alkyl or cyclic N) is 1. The lowest BCUT2D eigenvalue weighted by atomic mass is 10.3. The summed E-state index contributed by atoms with van der Waals surface area (Å²) in [6.07, 6.45) is 0.706. The van der Waals surface area contributed by atoms with Gasteiger partial charge in [0.15, 0.2) is 0 Å². The minimum atomic E-state index is -3.64. The van der Waals surface area contributed by atoms with Crippen molar-refractivity contribution in [1.29, 1.82) is 0 Å². The summed E-state index contributed by atoms with van der Waals surface area (Å²) < 4.78 is 40.0. The number of aliphatic hydroxyl groups is 1. The molecule has 1 saturated heterocycles. The molecule has 21 heavy (non-hydrogen) atoms. The van der Waals surface area contributed by atoms with Crippen LogP contribution in [-0.2, 0) is 10.0 Å². The fourth-order valence-corrected chi connectivity index (χ4v) is 4.86. The maximum absolute atomic E-state index is 13.1. The molecule has 1 N–H and O–H groups in total. The minimum Gasteiger partial charge on any atom is -0.395 e. The monoisotopic (exact) mass is 380 g/mol. The van der Waals surface area contributed by atoms with Gasteiger partial charge in [-0.1, -0.05) is 0 Å². The number of nitrogens with zero attached hydrogens (tertiary/aromatic N) is 2. The molecule has 0 unspecified atom stereocenters. The molecule has 0 spiro atoms. The molecule has 1 aliphatic rings. The van der Waals surface area contributed by atoms with Gasteiger partial charge in [0.25, 0.3) is 0 Å². The first-order valence-electron chi connectivity index (χ1n) is 6.73. The highest BCUT2D eigenvalue weighted by atomic mass is 79.9. The van der Waals surface area contributed by atoms with Crippen molar-refractivity contribution in [3.63, 3.8) is 0 Å². The van der Waals surface area contributed by atoms with Gasteiger partial charge in [-0.15, -0.1) is 0 Å². The van der Waals surface area contributed by atoms with E-state index in [1.165, 1.54) is 10.4 Å². The molecule has 0 aliphatic carbocycles. The van der Waals surface area contributed by atoms with Crippen LogP contribution in [0.3, 0.4) is 0 Å². The van der Waals surface area contributed by atoms with E-state index in [1.807, 2.05) is 4.90 Å². The molecule has 0 saturated carbocycles. The van der Waals surface area contributed by atoms with Crippen LogP contribution in [0, 0.1) is 5.82 Å². The molecule has 0 amide bonds. The van der Waals surface area contributed by atoms with Gasteiger partial charge in [-0.05, 0) is 47.1 Å². The molecule has 1 aromatic rings. The van der Waals surface area contributed by atoms with Crippen molar-refractivity contribution in [3.05, 3.63) is 28.5 Å². The SMILES string of the molecule is O=S(=O)(c1ccc(F)cc1Br)N1CCCN(CCO)CC1. The Morgan fingerprint density at radius 3 is 2.67 bits per heavy atom. The normalized spacial score (nSPS) is 18.6. The molecule has 5 nitrogen and oxygen atoms in total. The smallest absolute Gasteiger partial charge is 0.244 e. The second kappa shape index (κ2) is 7.15. The van der Waals surface area contributed by atoms with Crippen LogP contribution in [0.5, 0.6) is 0 Å². The molecule has 8 heteroatoms. The molecule has 0 bridgehead atoms. The van der Waals surface area contributed by atoms with Crippen LogP contribution in [0.2, 0.25) is 0 Å². The maximum Gasteiger partial charge on any atom is 0.244 e. The minimum absolute atomic E-state index is 0.0657. The summed E-state index contributed by atoms with van der Waals surface area (Å²) in [5.74, 6) is -0.481. The third kappa shape index (κ3) is 4.01.